The van der Waals surface area contributed by atoms with Crippen molar-refractivity contribution in [3.63, 3.8) is 0 Å². The van der Waals surface area contributed by atoms with E-state index in [0.29, 0.717) is 12.8 Å². The SMILES string of the molecule is CCC(C)C(=O)O[C@@H]1OC[C@@]23[C@H]4C(=O)[C@@H](O)[C@@]5(C)[C@H](c6ccoc6)C[C@H]6O[C@]65[C@]4(C)[C@H](O)C[C@H]2[C@]1(C)[C@H](O)[C@H](OC(C)=O)[C@@H]3OC(C)=O. The molecule has 4 aliphatic carbocycles. The van der Waals surface area contributed by atoms with E-state index in [1.807, 2.05) is 13.8 Å². The summed E-state index contributed by atoms with van der Waals surface area (Å²) < 4.78 is 36.0. The van der Waals surface area contributed by atoms with Crippen LogP contribution in [-0.4, -0.2) is 94.1 Å². The van der Waals surface area contributed by atoms with E-state index in [9.17, 15) is 29.7 Å². The fourth-order valence-electron chi connectivity index (χ4n) is 11.5. The molecular formula is C35H46O13. The summed E-state index contributed by atoms with van der Waals surface area (Å²) in [7, 11) is 0. The largest absolute Gasteiger partial charge is 0.472 e. The number of aliphatic hydroxyl groups excluding tert-OH is 3. The lowest BCUT2D eigenvalue weighted by molar-refractivity contribution is -0.391. The first-order valence-corrected chi connectivity index (χ1v) is 16.9. The van der Waals surface area contributed by atoms with Crippen LogP contribution in [0.4, 0.5) is 0 Å². The van der Waals surface area contributed by atoms with Gasteiger partial charge in [0.05, 0.1) is 42.7 Å². The Balaban J connectivity index is 1.44. The van der Waals surface area contributed by atoms with Crippen LogP contribution in [0.5, 0.6) is 0 Å². The summed E-state index contributed by atoms with van der Waals surface area (Å²) in [5.41, 5.74) is -6.07. The van der Waals surface area contributed by atoms with Crippen molar-refractivity contribution in [2.75, 3.05) is 6.61 Å². The molecule has 264 valence electrons. The monoisotopic (exact) mass is 674 g/mol. The third kappa shape index (κ3) is 3.74. The average Bonchev–Trinajstić information content (AvgIpc) is 3.39. The zero-order chi connectivity index (χ0) is 34.9. The standard InChI is InChI=1S/C35H46O13/c1-8-15(2)29(42)47-30-31(5)20-12-21(38)33(7)25(34(20,14-44-30)28(46-17(4)37)24(27(31)41)45-16(3)36)23(39)26(40)32(6)19(18-9-10-43-13-18)11-22-35(32,33)48-22/h9-10,13,15,19-22,24-28,30,38,40-41H,8,11-12,14H2,1-7H3/t15?,19-,20-,21+,22+,24-,25-,26+,27+,28-,30-,31+,32+,33+,34-,35+/m0/s1. The maximum Gasteiger partial charge on any atom is 0.310 e. The highest BCUT2D eigenvalue weighted by molar-refractivity contribution is 5.91. The Morgan fingerprint density at radius 2 is 1.71 bits per heavy atom. The van der Waals surface area contributed by atoms with Gasteiger partial charge in [0, 0.05) is 41.9 Å². The van der Waals surface area contributed by atoms with Gasteiger partial charge in [-0.05, 0) is 36.8 Å². The molecule has 13 heteroatoms. The van der Waals surface area contributed by atoms with Crippen LogP contribution in [0.3, 0.4) is 0 Å². The van der Waals surface area contributed by atoms with Crippen LogP contribution in [-0.2, 0) is 42.9 Å². The number of hydrogen-bond acceptors (Lipinski definition) is 13. The number of ether oxygens (including phenoxy) is 5. The van der Waals surface area contributed by atoms with Crippen molar-refractivity contribution < 1.29 is 62.6 Å². The third-order valence-corrected chi connectivity index (χ3v) is 13.9. The number of ketones is 1. The summed E-state index contributed by atoms with van der Waals surface area (Å²) in [6, 6.07) is 1.80. The number of rotatable bonds is 6. The maximum atomic E-state index is 15.1. The Morgan fingerprint density at radius 1 is 1.02 bits per heavy atom. The summed E-state index contributed by atoms with van der Waals surface area (Å²) in [5, 5.41) is 36.9. The summed E-state index contributed by atoms with van der Waals surface area (Å²) in [5.74, 6) is -5.68. The molecule has 0 radical (unpaired) electrons. The van der Waals surface area contributed by atoms with Crippen LogP contribution >= 0.6 is 0 Å². The Labute approximate surface area is 278 Å². The second kappa shape index (κ2) is 10.6. The second-order valence-corrected chi connectivity index (χ2v) is 15.7. The molecule has 3 N–H and O–H groups in total. The molecule has 0 aromatic carbocycles. The number of epoxide rings is 1. The summed E-state index contributed by atoms with van der Waals surface area (Å²) in [6.07, 6.45) is -5.11. The van der Waals surface area contributed by atoms with Crippen LogP contribution in [0.25, 0.3) is 0 Å². The van der Waals surface area contributed by atoms with E-state index in [1.165, 1.54) is 13.2 Å². The fraction of sp³-hybridized carbons (Fsp3) is 0.771. The summed E-state index contributed by atoms with van der Waals surface area (Å²) in [4.78, 5) is 53.7. The van der Waals surface area contributed by atoms with Gasteiger partial charge in [-0.15, -0.1) is 0 Å². The van der Waals surface area contributed by atoms with Crippen molar-refractivity contribution in [1.82, 2.24) is 0 Å². The van der Waals surface area contributed by atoms with Gasteiger partial charge in [0.2, 0.25) is 6.29 Å². The van der Waals surface area contributed by atoms with E-state index in [2.05, 4.69) is 0 Å². The number of hydrogen-bond donors (Lipinski definition) is 3. The van der Waals surface area contributed by atoms with Gasteiger partial charge < -0.3 is 43.4 Å². The highest BCUT2D eigenvalue weighted by Gasteiger charge is 2.92. The smallest absolute Gasteiger partial charge is 0.310 e. The number of carbonyl (C=O) groups is 4. The first kappa shape index (κ1) is 33.6. The minimum Gasteiger partial charge on any atom is -0.472 e. The molecule has 2 aliphatic heterocycles. The molecule has 1 aromatic heterocycles. The lowest BCUT2D eigenvalue weighted by Gasteiger charge is -2.73. The minimum atomic E-state index is -1.62. The maximum absolute atomic E-state index is 15.1. The fourth-order valence-corrected chi connectivity index (χ4v) is 11.5. The summed E-state index contributed by atoms with van der Waals surface area (Å²) in [6.45, 7) is 10.8. The number of Topliss-reactive ketones (excluding diaryl/α,β-unsaturated/α-hetero) is 1. The molecule has 1 aromatic rings. The van der Waals surface area contributed by atoms with Gasteiger partial charge in [0.15, 0.2) is 11.9 Å². The number of carbonyl (C=O) groups excluding carboxylic acids is 4. The molecule has 6 aliphatic rings. The number of esters is 3. The Bertz CT molecular complexity index is 1530. The van der Waals surface area contributed by atoms with E-state index >= 15 is 4.79 Å². The lowest BCUT2D eigenvalue weighted by atomic mass is 9.33. The summed E-state index contributed by atoms with van der Waals surface area (Å²) >= 11 is 0. The van der Waals surface area contributed by atoms with E-state index in [1.54, 1.807) is 33.1 Å². The number of fused-ring (bicyclic) bond motifs is 1. The minimum absolute atomic E-state index is 0.0283. The van der Waals surface area contributed by atoms with Crippen molar-refractivity contribution >= 4 is 23.7 Å². The Morgan fingerprint density at radius 3 is 2.31 bits per heavy atom. The highest BCUT2D eigenvalue weighted by atomic mass is 16.7. The molecular weight excluding hydrogens is 628 g/mol. The van der Waals surface area contributed by atoms with Gasteiger partial charge in [-0.2, -0.15) is 0 Å². The number of aliphatic hydroxyl groups is 3. The van der Waals surface area contributed by atoms with Crippen molar-refractivity contribution in [2.45, 2.75) is 122 Å². The van der Waals surface area contributed by atoms with Crippen LogP contribution < -0.4 is 0 Å². The van der Waals surface area contributed by atoms with Crippen LogP contribution in [0.2, 0.25) is 0 Å². The predicted molar refractivity (Wildman–Crippen MR) is 161 cm³/mol. The molecule has 3 heterocycles. The lowest BCUT2D eigenvalue weighted by Crippen LogP contribution is -2.84. The molecule has 1 spiro atoms. The Kier molecular flexibility index (Phi) is 7.42. The molecule has 2 saturated heterocycles. The quantitative estimate of drug-likeness (QED) is 0.226. The second-order valence-electron chi connectivity index (χ2n) is 15.7. The van der Waals surface area contributed by atoms with Gasteiger partial charge in [-0.25, -0.2) is 0 Å². The molecule has 16 atom stereocenters. The highest BCUT2D eigenvalue weighted by Crippen LogP contribution is 2.82. The van der Waals surface area contributed by atoms with Gasteiger partial charge >= 0.3 is 17.9 Å². The molecule has 0 amide bonds. The Hall–Kier alpha value is -2.84. The molecule has 4 saturated carbocycles. The molecule has 13 nitrogen and oxygen atoms in total. The van der Waals surface area contributed by atoms with Gasteiger partial charge in [0.25, 0.3) is 0 Å². The van der Waals surface area contributed by atoms with Crippen LogP contribution in [0.1, 0.15) is 79.2 Å². The van der Waals surface area contributed by atoms with Gasteiger partial charge in [-0.3, -0.25) is 19.2 Å². The van der Waals surface area contributed by atoms with E-state index in [4.69, 9.17) is 28.1 Å². The zero-order valence-corrected chi connectivity index (χ0v) is 28.3. The average molecular weight is 675 g/mol. The third-order valence-electron chi connectivity index (χ3n) is 13.9. The molecule has 48 heavy (non-hydrogen) atoms. The molecule has 7 rings (SSSR count). The van der Waals surface area contributed by atoms with Crippen molar-refractivity contribution in [3.8, 4) is 0 Å². The normalized spacial score (nSPS) is 50.6. The molecule has 2 bridgehead atoms. The molecule has 1 unspecified atom stereocenters. The first-order valence-electron chi connectivity index (χ1n) is 16.9. The van der Waals surface area contributed by atoms with E-state index in [-0.39, 0.29) is 18.9 Å². The first-order chi connectivity index (χ1) is 22.5. The topological polar surface area (TPSA) is 192 Å². The van der Waals surface area contributed by atoms with Gasteiger partial charge in [0.1, 0.15) is 23.9 Å². The molecule has 6 fully saturated rings. The predicted octanol–water partition coefficient (Wildman–Crippen LogP) is 2.03. The van der Waals surface area contributed by atoms with Crippen LogP contribution in [0, 0.1) is 39.4 Å². The van der Waals surface area contributed by atoms with Crippen molar-refractivity contribution in [1.29, 1.82) is 0 Å². The van der Waals surface area contributed by atoms with Crippen molar-refractivity contribution in [2.24, 2.45) is 39.4 Å². The van der Waals surface area contributed by atoms with Gasteiger partial charge in [-0.1, -0.05) is 34.6 Å². The zero-order valence-electron chi connectivity index (χ0n) is 28.3. The van der Waals surface area contributed by atoms with E-state index in [0.717, 1.165) is 12.5 Å². The van der Waals surface area contributed by atoms with E-state index < -0.39 is 112 Å². The van der Waals surface area contributed by atoms with Crippen LogP contribution in [0.15, 0.2) is 23.0 Å². The number of furan rings is 1. The van der Waals surface area contributed by atoms with Crippen molar-refractivity contribution in [3.05, 3.63) is 24.2 Å².